The average Bonchev–Trinajstić information content (AvgIpc) is 3.20. The van der Waals surface area contributed by atoms with Crippen molar-refractivity contribution in [2.75, 3.05) is 0 Å². The highest BCUT2D eigenvalue weighted by Crippen LogP contribution is 2.41. The lowest BCUT2D eigenvalue weighted by atomic mass is 9.90. The zero-order valence-electron chi connectivity index (χ0n) is 27.2. The van der Waals surface area contributed by atoms with E-state index < -0.39 is 0 Å². The Kier molecular flexibility index (Phi) is 6.53. The van der Waals surface area contributed by atoms with Gasteiger partial charge < -0.3 is 0 Å². The summed E-state index contributed by atoms with van der Waals surface area (Å²) in [4.78, 5) is 10.8. The number of aromatic nitrogens is 2. The van der Waals surface area contributed by atoms with E-state index in [1.807, 2.05) is 0 Å². The maximum absolute atomic E-state index is 5.41. The molecule has 0 N–H and O–H groups in total. The smallest absolute Gasteiger partial charge is 0.160 e. The number of hydrogen-bond acceptors (Lipinski definition) is 2. The second-order valence-corrected chi connectivity index (χ2v) is 13.0. The van der Waals surface area contributed by atoms with Crippen molar-refractivity contribution >= 4 is 53.9 Å². The minimum Gasteiger partial charge on any atom is -0.228 e. The molecule has 10 aromatic rings. The van der Waals surface area contributed by atoms with Crippen LogP contribution in [0.1, 0.15) is 0 Å². The van der Waals surface area contributed by atoms with Crippen LogP contribution in [-0.4, -0.2) is 9.97 Å². The van der Waals surface area contributed by atoms with Gasteiger partial charge in [-0.3, -0.25) is 0 Å². The van der Waals surface area contributed by atoms with Crippen molar-refractivity contribution in [1.82, 2.24) is 9.97 Å². The van der Waals surface area contributed by atoms with E-state index in [9.17, 15) is 0 Å². The van der Waals surface area contributed by atoms with Gasteiger partial charge in [-0.2, -0.15) is 0 Å². The van der Waals surface area contributed by atoms with E-state index >= 15 is 0 Å². The quantitative estimate of drug-likeness (QED) is 0.142. The van der Waals surface area contributed by atoms with Crippen LogP contribution in [0.3, 0.4) is 0 Å². The van der Waals surface area contributed by atoms with Crippen LogP contribution in [0.5, 0.6) is 0 Å². The summed E-state index contributed by atoms with van der Waals surface area (Å²) in [5.41, 5.74) is 7.37. The fraction of sp³-hybridized carbons (Fsp3) is 0. The SMILES string of the molecule is c1ccc(-c2ccc(-c3nc(-c4cc5ccccc5c5ccccc45)cc(-c4c5ccccc5cc5c4ccc4ccccc45)n3)cc2)cc1. The van der Waals surface area contributed by atoms with Crippen molar-refractivity contribution < 1.29 is 0 Å². The molecule has 0 spiro atoms. The Hall–Kier alpha value is -6.64. The lowest BCUT2D eigenvalue weighted by Crippen LogP contribution is -1.98. The predicted molar refractivity (Wildman–Crippen MR) is 211 cm³/mol. The van der Waals surface area contributed by atoms with Crippen molar-refractivity contribution in [2.45, 2.75) is 0 Å². The lowest BCUT2D eigenvalue weighted by molar-refractivity contribution is 1.19. The minimum absolute atomic E-state index is 0.705. The Balaban J connectivity index is 1.29. The summed E-state index contributed by atoms with van der Waals surface area (Å²) in [6.45, 7) is 0. The molecule has 0 radical (unpaired) electrons. The maximum atomic E-state index is 5.41. The summed E-state index contributed by atoms with van der Waals surface area (Å²) < 4.78 is 0. The molecule has 2 nitrogen and oxygen atoms in total. The van der Waals surface area contributed by atoms with Gasteiger partial charge in [-0.1, -0.05) is 164 Å². The molecule has 232 valence electrons. The molecule has 0 fully saturated rings. The van der Waals surface area contributed by atoms with Crippen molar-refractivity contribution in [3.05, 3.63) is 182 Å². The van der Waals surface area contributed by atoms with Crippen molar-refractivity contribution in [2.24, 2.45) is 0 Å². The number of benzene rings is 9. The first kappa shape index (κ1) is 28.4. The molecule has 2 heteroatoms. The molecule has 9 aromatic carbocycles. The lowest BCUT2D eigenvalue weighted by Gasteiger charge is -2.16. The topological polar surface area (TPSA) is 25.8 Å². The van der Waals surface area contributed by atoms with Gasteiger partial charge in [0.25, 0.3) is 0 Å². The molecular formula is C48H30N2. The third-order valence-corrected chi connectivity index (χ3v) is 10.0. The average molecular weight is 635 g/mol. The molecule has 0 aliphatic rings. The van der Waals surface area contributed by atoms with Gasteiger partial charge in [-0.25, -0.2) is 9.97 Å². The second-order valence-electron chi connectivity index (χ2n) is 13.0. The Bertz CT molecular complexity index is 2910. The van der Waals surface area contributed by atoms with Gasteiger partial charge in [0, 0.05) is 16.7 Å². The van der Waals surface area contributed by atoms with Gasteiger partial charge in [0.2, 0.25) is 0 Å². The molecular weight excluding hydrogens is 605 g/mol. The Morgan fingerprint density at radius 2 is 0.820 bits per heavy atom. The fourth-order valence-corrected chi connectivity index (χ4v) is 7.65. The van der Waals surface area contributed by atoms with E-state index in [0.29, 0.717) is 5.82 Å². The highest BCUT2D eigenvalue weighted by molar-refractivity contribution is 6.20. The van der Waals surface area contributed by atoms with Crippen molar-refractivity contribution in [3.63, 3.8) is 0 Å². The Morgan fingerprint density at radius 1 is 0.280 bits per heavy atom. The summed E-state index contributed by atoms with van der Waals surface area (Å²) in [6, 6.07) is 65.1. The highest BCUT2D eigenvalue weighted by atomic mass is 14.9. The maximum Gasteiger partial charge on any atom is 0.160 e. The van der Waals surface area contributed by atoms with Gasteiger partial charge in [-0.05, 0) is 83.2 Å². The number of fused-ring (bicyclic) bond motifs is 7. The van der Waals surface area contributed by atoms with Crippen LogP contribution in [0, 0.1) is 0 Å². The minimum atomic E-state index is 0.705. The van der Waals surface area contributed by atoms with Crippen molar-refractivity contribution in [1.29, 1.82) is 0 Å². The molecule has 1 aromatic heterocycles. The fourth-order valence-electron chi connectivity index (χ4n) is 7.65. The standard InChI is InChI=1S/C48H30N2/c1-2-12-31(13-3-1)32-22-24-34(25-23-32)48-49-45(44-29-35-15-5-8-18-38(35)40-20-10-11-21-41(40)44)30-46(50-48)47-39-19-9-6-16-36(39)28-43-37-17-7-4-14-33(37)26-27-42(43)47/h1-30H. The summed E-state index contributed by atoms with van der Waals surface area (Å²) in [5.74, 6) is 0.705. The first-order valence-electron chi connectivity index (χ1n) is 17.1. The summed E-state index contributed by atoms with van der Waals surface area (Å²) in [5, 5.41) is 12.1. The van der Waals surface area contributed by atoms with E-state index in [4.69, 9.17) is 9.97 Å². The largest absolute Gasteiger partial charge is 0.228 e. The van der Waals surface area contributed by atoms with Crippen LogP contribution < -0.4 is 0 Å². The van der Waals surface area contributed by atoms with Crippen LogP contribution in [0.25, 0.3) is 98.9 Å². The van der Waals surface area contributed by atoms with Crippen LogP contribution in [0.4, 0.5) is 0 Å². The van der Waals surface area contributed by atoms with E-state index in [1.165, 1.54) is 59.4 Å². The first-order chi connectivity index (χ1) is 24.8. The molecule has 0 saturated heterocycles. The molecule has 0 amide bonds. The summed E-state index contributed by atoms with van der Waals surface area (Å²) in [6.07, 6.45) is 0. The van der Waals surface area contributed by atoms with Crippen LogP contribution in [-0.2, 0) is 0 Å². The van der Waals surface area contributed by atoms with Crippen LogP contribution >= 0.6 is 0 Å². The van der Waals surface area contributed by atoms with E-state index in [-0.39, 0.29) is 0 Å². The molecule has 0 saturated carbocycles. The molecule has 50 heavy (non-hydrogen) atoms. The molecule has 1 heterocycles. The molecule has 10 rings (SSSR count). The van der Waals surface area contributed by atoms with E-state index in [1.54, 1.807) is 0 Å². The van der Waals surface area contributed by atoms with Gasteiger partial charge in [-0.15, -0.1) is 0 Å². The zero-order chi connectivity index (χ0) is 33.0. The third-order valence-electron chi connectivity index (χ3n) is 10.0. The predicted octanol–water partition coefficient (Wildman–Crippen LogP) is 12.9. The van der Waals surface area contributed by atoms with Crippen LogP contribution in [0.15, 0.2) is 182 Å². The first-order valence-corrected chi connectivity index (χ1v) is 17.1. The number of hydrogen-bond donors (Lipinski definition) is 0. The van der Waals surface area contributed by atoms with Crippen LogP contribution in [0.2, 0.25) is 0 Å². The highest BCUT2D eigenvalue weighted by Gasteiger charge is 2.18. The molecule has 0 bridgehead atoms. The molecule has 0 unspecified atom stereocenters. The number of rotatable bonds is 4. The third kappa shape index (κ3) is 4.65. The normalized spacial score (nSPS) is 11.6. The van der Waals surface area contributed by atoms with Gasteiger partial charge >= 0.3 is 0 Å². The second kappa shape index (κ2) is 11.5. The molecule has 0 aliphatic carbocycles. The molecule has 0 aliphatic heterocycles. The molecule has 0 atom stereocenters. The Morgan fingerprint density at radius 3 is 1.58 bits per heavy atom. The van der Waals surface area contributed by atoms with Gasteiger partial charge in [0.05, 0.1) is 11.4 Å². The van der Waals surface area contributed by atoms with Crippen molar-refractivity contribution in [3.8, 4) is 45.0 Å². The monoisotopic (exact) mass is 634 g/mol. The van der Waals surface area contributed by atoms with E-state index in [0.717, 1.165) is 33.6 Å². The zero-order valence-corrected chi connectivity index (χ0v) is 27.2. The van der Waals surface area contributed by atoms with Gasteiger partial charge in [0.15, 0.2) is 5.82 Å². The van der Waals surface area contributed by atoms with Gasteiger partial charge in [0.1, 0.15) is 0 Å². The van der Waals surface area contributed by atoms with E-state index in [2.05, 4.69) is 182 Å². The summed E-state index contributed by atoms with van der Waals surface area (Å²) in [7, 11) is 0. The number of nitrogens with zero attached hydrogens (tertiary/aromatic N) is 2. The Labute approximate surface area is 290 Å². The summed E-state index contributed by atoms with van der Waals surface area (Å²) >= 11 is 0.